The number of carbonyl (C=O) groups excluding carboxylic acids is 1. The lowest BCUT2D eigenvalue weighted by Crippen LogP contribution is -2.45. The van der Waals surface area contributed by atoms with Crippen LogP contribution in [-0.2, 0) is 4.79 Å². The van der Waals surface area contributed by atoms with Gasteiger partial charge in [0.05, 0.1) is 5.60 Å². The molecule has 1 heterocycles. The van der Waals surface area contributed by atoms with Crippen LogP contribution in [0.25, 0.3) is 5.57 Å². The average molecular weight is 309 g/mol. The van der Waals surface area contributed by atoms with E-state index in [-0.39, 0.29) is 18.3 Å². The zero-order chi connectivity index (χ0) is 15.3. The Kier molecular flexibility index (Phi) is 5.42. The number of rotatable bonds is 4. The molecule has 1 saturated heterocycles. The summed E-state index contributed by atoms with van der Waals surface area (Å²) in [6.45, 7) is 1.94. The highest BCUT2D eigenvalue weighted by molar-refractivity contribution is 7.99. The number of hydrogen-bond donors (Lipinski definition) is 2. The first-order valence-electron chi connectivity index (χ1n) is 7.01. The fourth-order valence-corrected chi connectivity index (χ4v) is 3.54. The van der Waals surface area contributed by atoms with Gasteiger partial charge in [-0.15, -0.1) is 0 Å². The monoisotopic (exact) mass is 309 g/mol. The first-order valence-corrected chi connectivity index (χ1v) is 8.17. The van der Waals surface area contributed by atoms with Gasteiger partial charge in [0.15, 0.2) is 0 Å². The van der Waals surface area contributed by atoms with Crippen LogP contribution in [0.15, 0.2) is 30.3 Å². The molecule has 1 amide bonds. The van der Waals surface area contributed by atoms with E-state index in [1.807, 2.05) is 11.8 Å². The molecule has 2 N–H and O–H groups in total. The highest BCUT2D eigenvalue weighted by Crippen LogP contribution is 2.26. The molecule has 2 rings (SSSR count). The van der Waals surface area contributed by atoms with Crippen molar-refractivity contribution in [3.63, 3.8) is 0 Å². The van der Waals surface area contributed by atoms with Gasteiger partial charge < -0.3 is 10.4 Å². The maximum Gasteiger partial charge on any atom is 0.244 e. The van der Waals surface area contributed by atoms with Crippen molar-refractivity contribution in [2.45, 2.75) is 25.4 Å². The first kappa shape index (κ1) is 16.0. The maximum atomic E-state index is 13.6. The standard InChI is InChI=1S/C16H20FNO2S/c1-12(13-4-2-3-5-14(13)17)10-15(19)18-11-16(20)6-8-21-9-7-16/h2-5,10,20H,6-9,11H2,1H3,(H,18,19). The van der Waals surface area contributed by atoms with Crippen LogP contribution in [0.5, 0.6) is 0 Å². The Morgan fingerprint density at radius 3 is 2.76 bits per heavy atom. The third-order valence-electron chi connectivity index (χ3n) is 3.66. The first-order chi connectivity index (χ1) is 10.0. The van der Waals surface area contributed by atoms with Gasteiger partial charge in [-0.2, -0.15) is 11.8 Å². The summed E-state index contributed by atoms with van der Waals surface area (Å²) in [6.07, 6.45) is 2.75. The zero-order valence-electron chi connectivity index (χ0n) is 12.1. The molecule has 0 radical (unpaired) electrons. The molecule has 5 heteroatoms. The zero-order valence-corrected chi connectivity index (χ0v) is 12.9. The van der Waals surface area contributed by atoms with E-state index in [0.717, 1.165) is 11.5 Å². The van der Waals surface area contributed by atoms with Gasteiger partial charge >= 0.3 is 0 Å². The van der Waals surface area contributed by atoms with Crippen molar-refractivity contribution in [2.75, 3.05) is 18.1 Å². The molecule has 0 bridgehead atoms. The molecule has 114 valence electrons. The van der Waals surface area contributed by atoms with E-state index in [9.17, 15) is 14.3 Å². The van der Waals surface area contributed by atoms with E-state index < -0.39 is 5.60 Å². The van der Waals surface area contributed by atoms with E-state index in [1.165, 1.54) is 12.1 Å². The van der Waals surface area contributed by atoms with Gasteiger partial charge in [-0.05, 0) is 42.9 Å². The molecular formula is C16H20FNO2S. The van der Waals surface area contributed by atoms with Crippen molar-refractivity contribution in [3.05, 3.63) is 41.7 Å². The van der Waals surface area contributed by atoms with Crippen molar-refractivity contribution in [1.82, 2.24) is 5.32 Å². The Balaban J connectivity index is 1.94. The fourth-order valence-electron chi connectivity index (χ4n) is 2.29. The molecule has 1 aliphatic rings. The van der Waals surface area contributed by atoms with Crippen molar-refractivity contribution in [2.24, 2.45) is 0 Å². The molecule has 3 nitrogen and oxygen atoms in total. The second-order valence-electron chi connectivity index (χ2n) is 5.36. The van der Waals surface area contributed by atoms with E-state index in [0.29, 0.717) is 24.0 Å². The largest absolute Gasteiger partial charge is 0.388 e. The highest BCUT2D eigenvalue weighted by atomic mass is 32.2. The van der Waals surface area contributed by atoms with Crippen LogP contribution < -0.4 is 5.32 Å². The van der Waals surface area contributed by atoms with Crippen LogP contribution in [0.1, 0.15) is 25.3 Å². The lowest BCUT2D eigenvalue weighted by molar-refractivity contribution is -0.117. The molecule has 0 unspecified atom stereocenters. The Labute approximate surface area is 128 Å². The number of allylic oxidation sites excluding steroid dienone is 1. The smallest absolute Gasteiger partial charge is 0.244 e. The lowest BCUT2D eigenvalue weighted by atomic mass is 9.97. The van der Waals surface area contributed by atoms with Gasteiger partial charge in [-0.3, -0.25) is 4.79 Å². The van der Waals surface area contributed by atoms with E-state index in [1.54, 1.807) is 25.1 Å². The minimum Gasteiger partial charge on any atom is -0.388 e. The van der Waals surface area contributed by atoms with Gasteiger partial charge in [0.25, 0.3) is 0 Å². The molecule has 0 spiro atoms. The molecule has 0 saturated carbocycles. The number of aliphatic hydroxyl groups is 1. The van der Waals surface area contributed by atoms with Crippen molar-refractivity contribution < 1.29 is 14.3 Å². The summed E-state index contributed by atoms with van der Waals surface area (Å²) in [4.78, 5) is 11.9. The Bertz CT molecular complexity index is 539. The third kappa shape index (κ3) is 4.58. The second kappa shape index (κ2) is 7.09. The van der Waals surface area contributed by atoms with Gasteiger partial charge in [0.1, 0.15) is 5.82 Å². The van der Waals surface area contributed by atoms with Crippen LogP contribution in [0.2, 0.25) is 0 Å². The van der Waals surface area contributed by atoms with Crippen LogP contribution in [0.4, 0.5) is 4.39 Å². The Morgan fingerprint density at radius 2 is 2.10 bits per heavy atom. The molecule has 1 aliphatic heterocycles. The van der Waals surface area contributed by atoms with Gasteiger partial charge in [-0.1, -0.05) is 18.2 Å². The summed E-state index contributed by atoms with van der Waals surface area (Å²) in [5, 5.41) is 13.0. The van der Waals surface area contributed by atoms with Gasteiger partial charge in [0, 0.05) is 18.2 Å². The van der Waals surface area contributed by atoms with E-state index >= 15 is 0 Å². The summed E-state index contributed by atoms with van der Waals surface area (Å²) < 4.78 is 13.6. The number of amides is 1. The van der Waals surface area contributed by atoms with Crippen molar-refractivity contribution in [3.8, 4) is 0 Å². The lowest BCUT2D eigenvalue weighted by Gasteiger charge is -2.31. The maximum absolute atomic E-state index is 13.6. The number of thioether (sulfide) groups is 1. The van der Waals surface area contributed by atoms with Gasteiger partial charge in [0.2, 0.25) is 5.91 Å². The topological polar surface area (TPSA) is 49.3 Å². The fraction of sp³-hybridized carbons (Fsp3) is 0.438. The summed E-state index contributed by atoms with van der Waals surface area (Å²) in [6, 6.07) is 6.35. The highest BCUT2D eigenvalue weighted by Gasteiger charge is 2.29. The molecule has 0 atom stereocenters. The predicted molar refractivity (Wildman–Crippen MR) is 84.6 cm³/mol. The molecule has 0 aromatic heterocycles. The summed E-state index contributed by atoms with van der Waals surface area (Å²) in [5.41, 5.74) is 0.179. The van der Waals surface area contributed by atoms with Crippen LogP contribution in [-0.4, -0.2) is 34.7 Å². The number of benzene rings is 1. The Morgan fingerprint density at radius 1 is 1.43 bits per heavy atom. The predicted octanol–water partition coefficient (Wildman–Crippen LogP) is 2.60. The third-order valence-corrected chi connectivity index (χ3v) is 4.65. The molecule has 0 aliphatic carbocycles. The van der Waals surface area contributed by atoms with Crippen molar-refractivity contribution in [1.29, 1.82) is 0 Å². The number of nitrogens with one attached hydrogen (secondary N) is 1. The van der Waals surface area contributed by atoms with Crippen molar-refractivity contribution >= 4 is 23.2 Å². The molecule has 1 aromatic carbocycles. The summed E-state index contributed by atoms with van der Waals surface area (Å²) in [5.74, 6) is 1.18. The van der Waals surface area contributed by atoms with Gasteiger partial charge in [-0.25, -0.2) is 4.39 Å². The number of carbonyl (C=O) groups is 1. The molecule has 1 fully saturated rings. The van der Waals surface area contributed by atoms with E-state index in [4.69, 9.17) is 0 Å². The van der Waals surface area contributed by atoms with Crippen LogP contribution >= 0.6 is 11.8 Å². The SMILES string of the molecule is CC(=CC(=O)NCC1(O)CCSCC1)c1ccccc1F. The number of halogens is 1. The minimum absolute atomic E-state index is 0.243. The van der Waals surface area contributed by atoms with Crippen LogP contribution in [0, 0.1) is 5.82 Å². The molecular weight excluding hydrogens is 289 g/mol. The normalized spacial score (nSPS) is 18.3. The van der Waals surface area contributed by atoms with Crippen LogP contribution in [0.3, 0.4) is 0 Å². The minimum atomic E-state index is -0.805. The molecule has 1 aromatic rings. The second-order valence-corrected chi connectivity index (χ2v) is 6.59. The van der Waals surface area contributed by atoms with E-state index in [2.05, 4.69) is 5.32 Å². The molecule has 21 heavy (non-hydrogen) atoms. The Hall–Kier alpha value is -1.33. The average Bonchev–Trinajstić information content (AvgIpc) is 2.46. The quantitative estimate of drug-likeness (QED) is 0.841. The summed E-state index contributed by atoms with van der Waals surface area (Å²) in [7, 11) is 0. The number of hydrogen-bond acceptors (Lipinski definition) is 3. The summed E-state index contributed by atoms with van der Waals surface area (Å²) >= 11 is 1.81.